The molecule has 33 heteroatoms. The Labute approximate surface area is 492 Å². The summed E-state index contributed by atoms with van der Waals surface area (Å²) in [6.07, 6.45) is -2.84. The van der Waals surface area contributed by atoms with E-state index in [2.05, 4.69) is 60.2 Å². The summed E-state index contributed by atoms with van der Waals surface area (Å²) in [5, 5.41) is 58.2. The number of rotatable bonds is 35. The fourth-order valence-electron chi connectivity index (χ4n) is 8.47. The Kier molecular flexibility index (Phi) is 28.3. The molecule has 85 heavy (non-hydrogen) atoms. The van der Waals surface area contributed by atoms with Crippen LogP contribution in [0, 0.1) is 0 Å². The third-order valence-electron chi connectivity index (χ3n) is 13.1. The van der Waals surface area contributed by atoms with Gasteiger partial charge in [-0.2, -0.15) is 12.6 Å². The summed E-state index contributed by atoms with van der Waals surface area (Å²) in [5.74, 6) is -14.1. The number of aromatic hydroxyl groups is 2. The molecule has 0 unspecified atom stereocenters. The smallest absolute Gasteiger partial charge is 0.326 e. The molecule has 3 rings (SSSR count). The highest BCUT2D eigenvalue weighted by Gasteiger charge is 2.39. The van der Waals surface area contributed by atoms with Crippen molar-refractivity contribution in [2.75, 3.05) is 18.8 Å². The van der Waals surface area contributed by atoms with Crippen LogP contribution >= 0.6 is 12.6 Å². The second kappa shape index (κ2) is 34.4. The van der Waals surface area contributed by atoms with Gasteiger partial charge in [-0.05, 0) is 87.8 Å². The minimum Gasteiger partial charge on any atom is -0.508 e. The number of benzene rings is 2. The molecule has 1 heterocycles. The van der Waals surface area contributed by atoms with Gasteiger partial charge in [-0.25, -0.2) is 4.79 Å². The molecule has 1 aliphatic heterocycles. The number of guanidine groups is 1. The van der Waals surface area contributed by atoms with Crippen molar-refractivity contribution in [3.63, 3.8) is 0 Å². The lowest BCUT2D eigenvalue weighted by molar-refractivity contribution is -0.142. The van der Waals surface area contributed by atoms with Gasteiger partial charge in [0.15, 0.2) is 5.96 Å². The maximum absolute atomic E-state index is 14.4. The molecule has 0 spiro atoms. The number of primary amides is 2. The Morgan fingerprint density at radius 2 is 1.01 bits per heavy atom. The number of nitrogens with two attached hydrogens (primary N) is 5. The molecule has 11 amide bonds. The van der Waals surface area contributed by atoms with Crippen LogP contribution in [0.25, 0.3) is 0 Å². The lowest BCUT2D eigenvalue weighted by Gasteiger charge is -2.29. The molecule has 1 fully saturated rings. The number of phenolic OH excluding ortho intramolecular Hbond substituents is 2. The van der Waals surface area contributed by atoms with Crippen molar-refractivity contribution in [3.8, 4) is 11.5 Å². The normalized spacial score (nSPS) is 15.9. The van der Waals surface area contributed by atoms with Crippen molar-refractivity contribution >= 4 is 95.5 Å². The van der Waals surface area contributed by atoms with Gasteiger partial charge in [0.25, 0.3) is 0 Å². The zero-order chi connectivity index (χ0) is 63.7. The van der Waals surface area contributed by atoms with E-state index in [1.165, 1.54) is 62.4 Å². The minimum absolute atomic E-state index is 0.0235. The molecular formula is C52H75N15O17S. The average molecular weight is 1210 g/mol. The van der Waals surface area contributed by atoms with E-state index in [1.807, 2.05) is 0 Å². The van der Waals surface area contributed by atoms with Crippen LogP contribution in [0.15, 0.2) is 53.5 Å². The highest BCUT2D eigenvalue weighted by molar-refractivity contribution is 7.80. The molecule has 466 valence electrons. The van der Waals surface area contributed by atoms with Crippen molar-refractivity contribution in [1.29, 1.82) is 0 Å². The Bertz CT molecular complexity index is 2770. The Balaban J connectivity index is 1.89. The van der Waals surface area contributed by atoms with E-state index in [0.717, 1.165) is 4.90 Å². The number of carboxylic acid groups (broad SMARTS) is 2. The molecule has 1 saturated heterocycles. The number of thiol groups is 1. The summed E-state index contributed by atoms with van der Waals surface area (Å²) < 4.78 is 0. The molecular weight excluding hydrogens is 1140 g/mol. The standard InChI is InChI=1S/C52H75N15O17S/c1-25(59-43(75)31(53)23-41(72)73)42(74)60-26(2)50(82)67-20-4-6-38(67)49(81)62-33(15-17-39(54)70)45(77)61-32(5-3-19-58-52(56)57)44(76)66-37(24-85)48(80)65-36(22-28-9-13-30(69)14-10-28)47(79)64-35(21-27-7-11-29(68)12-8-27)46(78)63-34(51(83)84)16-18-40(55)71/h7-14,25-26,31-38,68-69,85H,3-6,15-24,53H2,1-2H3,(H2,54,70)(H2,55,71)(H,59,75)(H,60,74)(H,61,77)(H,62,81)(H,63,78)(H,64,79)(H,65,80)(H,66,76)(H,72,73)(H,83,84)(H4,56,57,58)/t25-,26-,31-,32-,33-,34-,35-,36-,37-,38-/m0/s1. The van der Waals surface area contributed by atoms with E-state index < -0.39 is 175 Å². The molecule has 0 aliphatic carbocycles. The fourth-order valence-corrected chi connectivity index (χ4v) is 8.73. The van der Waals surface area contributed by atoms with Gasteiger partial charge in [-0.1, -0.05) is 24.3 Å². The quantitative estimate of drug-likeness (QED) is 0.0132. The number of aliphatic carboxylic acids is 2. The second-order valence-electron chi connectivity index (χ2n) is 19.9. The zero-order valence-electron chi connectivity index (χ0n) is 46.6. The van der Waals surface area contributed by atoms with Gasteiger partial charge >= 0.3 is 11.9 Å². The van der Waals surface area contributed by atoms with Crippen molar-refractivity contribution in [3.05, 3.63) is 59.7 Å². The Morgan fingerprint density at radius 3 is 1.48 bits per heavy atom. The molecule has 1 aliphatic rings. The predicted octanol–water partition coefficient (Wildman–Crippen LogP) is -5.81. The summed E-state index contributed by atoms with van der Waals surface area (Å²) in [4.78, 5) is 175. The first kappa shape index (κ1) is 70.0. The largest absolute Gasteiger partial charge is 0.508 e. The first-order valence-electron chi connectivity index (χ1n) is 26.7. The fraction of sp³-hybridized carbons (Fsp3) is 0.500. The Morgan fingerprint density at radius 1 is 0.576 bits per heavy atom. The van der Waals surface area contributed by atoms with Crippen LogP contribution in [0.1, 0.15) is 82.8 Å². The van der Waals surface area contributed by atoms with Gasteiger partial charge in [0.1, 0.15) is 65.9 Å². The van der Waals surface area contributed by atoms with E-state index in [4.69, 9.17) is 33.8 Å². The number of hydrogen-bond acceptors (Lipinski definition) is 18. The molecule has 0 bridgehead atoms. The van der Waals surface area contributed by atoms with Crippen LogP contribution < -0.4 is 71.2 Å². The topological polar surface area (TPSA) is 545 Å². The second-order valence-corrected chi connectivity index (χ2v) is 20.3. The first-order chi connectivity index (χ1) is 40.0. The highest BCUT2D eigenvalue weighted by atomic mass is 32.1. The molecule has 10 atom stereocenters. The third kappa shape index (κ3) is 24.2. The van der Waals surface area contributed by atoms with Crippen LogP contribution in [0.2, 0.25) is 0 Å². The van der Waals surface area contributed by atoms with Crippen LogP contribution in [0.3, 0.4) is 0 Å². The molecule has 0 saturated carbocycles. The molecule has 0 radical (unpaired) electrons. The number of amides is 11. The van der Waals surface area contributed by atoms with E-state index in [9.17, 15) is 77.6 Å². The molecule has 32 nitrogen and oxygen atoms in total. The maximum atomic E-state index is 14.4. The van der Waals surface area contributed by atoms with Crippen LogP contribution in [0.5, 0.6) is 11.5 Å². The van der Waals surface area contributed by atoms with Crippen molar-refractivity contribution in [1.82, 2.24) is 47.4 Å². The minimum atomic E-state index is -1.63. The number of likely N-dealkylation sites (tertiary alicyclic amines) is 1. The van der Waals surface area contributed by atoms with Gasteiger partial charge in [0.2, 0.25) is 65.0 Å². The predicted molar refractivity (Wildman–Crippen MR) is 304 cm³/mol. The molecule has 0 aromatic heterocycles. The van der Waals surface area contributed by atoms with E-state index in [1.54, 1.807) is 0 Å². The van der Waals surface area contributed by atoms with Crippen LogP contribution in [-0.4, -0.2) is 187 Å². The van der Waals surface area contributed by atoms with Gasteiger partial charge in [-0.15, -0.1) is 0 Å². The average Bonchev–Trinajstić information content (AvgIpc) is 3.53. The maximum Gasteiger partial charge on any atom is 0.326 e. The monoisotopic (exact) mass is 1210 g/mol. The lowest BCUT2D eigenvalue weighted by Crippen LogP contribution is -2.61. The number of aliphatic imine (C=N–C) groups is 1. The molecule has 2 aromatic rings. The summed E-state index contributed by atoms with van der Waals surface area (Å²) in [6.45, 7) is 2.54. The lowest BCUT2D eigenvalue weighted by atomic mass is 10.0. The number of nitrogens with one attached hydrogen (secondary N) is 8. The highest BCUT2D eigenvalue weighted by Crippen LogP contribution is 2.20. The Hall–Kier alpha value is -9.27. The van der Waals surface area contributed by atoms with Gasteiger partial charge in [0.05, 0.1) is 12.5 Å². The molecule has 2 aromatic carbocycles. The van der Waals surface area contributed by atoms with Crippen LogP contribution in [0.4, 0.5) is 0 Å². The van der Waals surface area contributed by atoms with Gasteiger partial charge in [0, 0.05) is 44.5 Å². The van der Waals surface area contributed by atoms with Crippen molar-refractivity contribution in [2.45, 2.75) is 145 Å². The van der Waals surface area contributed by atoms with Crippen molar-refractivity contribution < 1.29 is 82.8 Å². The summed E-state index contributed by atoms with van der Waals surface area (Å²) in [6, 6.07) is -3.84. The number of phenols is 2. The number of carbonyl (C=O) groups excluding carboxylic acids is 11. The first-order valence-corrected chi connectivity index (χ1v) is 27.3. The van der Waals surface area contributed by atoms with Gasteiger partial charge in [-0.3, -0.25) is 62.5 Å². The van der Waals surface area contributed by atoms with E-state index in [0.29, 0.717) is 17.5 Å². The summed E-state index contributed by atoms with van der Waals surface area (Å²) in [5.41, 5.74) is 27.9. The SMILES string of the molecule is C[C@H](NC(=O)[C@@H](N)CC(=O)O)C(=O)N[C@@H](C)C(=O)N1CCC[C@H]1C(=O)N[C@@H](CCC(N)=O)C(=O)N[C@@H](CCCN=C(N)N)C(=O)N[C@@H](CS)C(=O)N[C@@H](Cc1ccc(O)cc1)C(=O)N[C@@H](Cc1ccc(O)cc1)C(=O)N[C@@H](CCC(N)=O)C(=O)O. The van der Waals surface area contributed by atoms with Crippen molar-refractivity contribution in [2.24, 2.45) is 33.7 Å². The van der Waals surface area contributed by atoms with E-state index >= 15 is 0 Å². The summed E-state index contributed by atoms with van der Waals surface area (Å²) in [7, 11) is 0. The number of nitrogens with zero attached hydrogens (tertiary/aromatic N) is 2. The zero-order valence-corrected chi connectivity index (χ0v) is 47.5. The summed E-state index contributed by atoms with van der Waals surface area (Å²) >= 11 is 4.27. The molecule has 22 N–H and O–H groups in total. The number of carbonyl (C=O) groups is 13. The number of carboxylic acids is 2. The van der Waals surface area contributed by atoms with Gasteiger partial charge < -0.3 is 96.5 Å². The van der Waals surface area contributed by atoms with E-state index in [-0.39, 0.29) is 62.7 Å². The third-order valence-corrected chi connectivity index (χ3v) is 13.4. The van der Waals surface area contributed by atoms with Crippen LogP contribution in [-0.2, 0) is 75.2 Å². The number of hydrogen-bond donors (Lipinski definition) is 18.